The first-order valence-corrected chi connectivity index (χ1v) is 7.28. The monoisotopic (exact) mass is 324 g/mol. The highest BCUT2D eigenvalue weighted by molar-refractivity contribution is 6.06. The fourth-order valence-corrected chi connectivity index (χ4v) is 2.53. The summed E-state index contributed by atoms with van der Waals surface area (Å²) >= 11 is 0. The number of methoxy groups -OCH3 is 1. The molecule has 1 aromatic heterocycles. The maximum Gasteiger partial charge on any atom is 0.291 e. The predicted molar refractivity (Wildman–Crippen MR) is 90.4 cm³/mol. The molecule has 3 N–H and O–H groups in total. The number of rotatable bonds is 4. The fraction of sp³-hybridized carbons (Fsp3) is 0.111. The van der Waals surface area contributed by atoms with E-state index >= 15 is 0 Å². The van der Waals surface area contributed by atoms with Gasteiger partial charge in [-0.15, -0.1) is 0 Å². The SMILES string of the molecule is COc1cccc2cc(C(=O)Nc3cccc(C(N)=O)c3C)oc12. The zero-order valence-electron chi connectivity index (χ0n) is 13.3. The third-order valence-electron chi connectivity index (χ3n) is 3.80. The van der Waals surface area contributed by atoms with E-state index in [2.05, 4.69) is 5.32 Å². The molecule has 0 atom stereocenters. The summed E-state index contributed by atoms with van der Waals surface area (Å²) < 4.78 is 10.8. The van der Waals surface area contributed by atoms with Crippen molar-refractivity contribution >= 4 is 28.5 Å². The van der Waals surface area contributed by atoms with Crippen molar-refractivity contribution in [1.29, 1.82) is 0 Å². The molecular formula is C18H16N2O4. The number of hydrogen-bond acceptors (Lipinski definition) is 4. The van der Waals surface area contributed by atoms with Crippen LogP contribution in [0.4, 0.5) is 5.69 Å². The number of carbonyl (C=O) groups excluding carboxylic acids is 2. The summed E-state index contributed by atoms with van der Waals surface area (Å²) in [6.45, 7) is 1.72. The van der Waals surface area contributed by atoms with Crippen molar-refractivity contribution in [1.82, 2.24) is 0 Å². The lowest BCUT2D eigenvalue weighted by Gasteiger charge is -2.09. The first kappa shape index (κ1) is 15.6. The van der Waals surface area contributed by atoms with E-state index in [0.29, 0.717) is 28.1 Å². The van der Waals surface area contributed by atoms with Gasteiger partial charge in [0.15, 0.2) is 17.1 Å². The Kier molecular flexibility index (Phi) is 3.95. The van der Waals surface area contributed by atoms with Crippen LogP contribution in [0.15, 0.2) is 46.9 Å². The topological polar surface area (TPSA) is 94.6 Å². The first-order valence-electron chi connectivity index (χ1n) is 7.28. The van der Waals surface area contributed by atoms with Crippen LogP contribution in [0.25, 0.3) is 11.0 Å². The van der Waals surface area contributed by atoms with Crippen LogP contribution in [0.3, 0.4) is 0 Å². The number of ether oxygens (including phenoxy) is 1. The van der Waals surface area contributed by atoms with Crippen molar-refractivity contribution in [2.45, 2.75) is 6.92 Å². The minimum Gasteiger partial charge on any atom is -0.493 e. The lowest BCUT2D eigenvalue weighted by Crippen LogP contribution is -2.16. The Morgan fingerprint density at radius 3 is 2.62 bits per heavy atom. The Labute approximate surface area is 138 Å². The normalized spacial score (nSPS) is 10.6. The first-order chi connectivity index (χ1) is 11.5. The molecule has 0 unspecified atom stereocenters. The molecule has 3 rings (SSSR count). The van der Waals surface area contributed by atoms with Crippen molar-refractivity contribution in [2.24, 2.45) is 5.73 Å². The molecule has 0 fully saturated rings. The molecule has 2 amide bonds. The highest BCUT2D eigenvalue weighted by Gasteiger charge is 2.17. The zero-order chi connectivity index (χ0) is 17.3. The Morgan fingerprint density at radius 2 is 1.92 bits per heavy atom. The molecule has 0 spiro atoms. The largest absolute Gasteiger partial charge is 0.493 e. The number of amides is 2. The van der Waals surface area contributed by atoms with Crippen molar-refractivity contribution < 1.29 is 18.7 Å². The third-order valence-corrected chi connectivity index (χ3v) is 3.80. The molecule has 0 saturated heterocycles. The number of fused-ring (bicyclic) bond motifs is 1. The van der Waals surface area contributed by atoms with Gasteiger partial charge in [-0.25, -0.2) is 0 Å². The van der Waals surface area contributed by atoms with E-state index in [1.54, 1.807) is 37.3 Å². The number of para-hydroxylation sites is 1. The Bertz CT molecular complexity index is 943. The van der Waals surface area contributed by atoms with Gasteiger partial charge in [-0.2, -0.15) is 0 Å². The highest BCUT2D eigenvalue weighted by Crippen LogP contribution is 2.29. The van der Waals surface area contributed by atoms with Gasteiger partial charge in [0.1, 0.15) is 0 Å². The summed E-state index contributed by atoms with van der Waals surface area (Å²) in [4.78, 5) is 23.8. The van der Waals surface area contributed by atoms with E-state index in [-0.39, 0.29) is 5.76 Å². The number of furan rings is 1. The van der Waals surface area contributed by atoms with E-state index in [4.69, 9.17) is 14.9 Å². The van der Waals surface area contributed by atoms with Gasteiger partial charge in [-0.1, -0.05) is 18.2 Å². The second-order valence-corrected chi connectivity index (χ2v) is 5.29. The molecule has 24 heavy (non-hydrogen) atoms. The van der Waals surface area contributed by atoms with Gasteiger partial charge in [0, 0.05) is 16.6 Å². The average Bonchev–Trinajstić information content (AvgIpc) is 3.00. The van der Waals surface area contributed by atoms with Gasteiger partial charge >= 0.3 is 0 Å². The smallest absolute Gasteiger partial charge is 0.291 e. The van der Waals surface area contributed by atoms with E-state index in [0.717, 1.165) is 5.39 Å². The highest BCUT2D eigenvalue weighted by atomic mass is 16.5. The molecule has 2 aromatic carbocycles. The fourth-order valence-electron chi connectivity index (χ4n) is 2.53. The Balaban J connectivity index is 1.94. The maximum atomic E-state index is 12.5. The number of benzene rings is 2. The second kappa shape index (κ2) is 6.08. The third kappa shape index (κ3) is 2.69. The Hall–Kier alpha value is -3.28. The van der Waals surface area contributed by atoms with Gasteiger partial charge in [0.05, 0.1) is 7.11 Å². The van der Waals surface area contributed by atoms with Crippen LogP contribution in [-0.4, -0.2) is 18.9 Å². The van der Waals surface area contributed by atoms with Crippen molar-refractivity contribution in [3.63, 3.8) is 0 Å². The number of nitrogens with two attached hydrogens (primary N) is 1. The van der Waals surface area contributed by atoms with Crippen molar-refractivity contribution in [3.8, 4) is 5.75 Å². The van der Waals surface area contributed by atoms with Crippen LogP contribution < -0.4 is 15.8 Å². The van der Waals surface area contributed by atoms with Gasteiger partial charge in [0.25, 0.3) is 5.91 Å². The standard InChI is InChI=1S/C18H16N2O4/c1-10-12(17(19)21)6-4-7-13(10)20-18(22)15-9-11-5-3-8-14(23-2)16(11)24-15/h3-9H,1-2H3,(H2,19,21)(H,20,22). The predicted octanol–water partition coefficient (Wildman–Crippen LogP) is 3.10. The molecule has 0 bridgehead atoms. The summed E-state index contributed by atoms with van der Waals surface area (Å²) in [5.74, 6) is -0.258. The summed E-state index contributed by atoms with van der Waals surface area (Å²) in [6, 6.07) is 12.0. The van der Waals surface area contributed by atoms with Crippen LogP contribution in [0, 0.1) is 6.92 Å². The molecule has 6 heteroatoms. The van der Waals surface area contributed by atoms with E-state index < -0.39 is 11.8 Å². The number of hydrogen-bond donors (Lipinski definition) is 2. The van der Waals surface area contributed by atoms with Gasteiger partial charge in [-0.3, -0.25) is 9.59 Å². The van der Waals surface area contributed by atoms with Gasteiger partial charge < -0.3 is 20.2 Å². The molecule has 0 aliphatic heterocycles. The average molecular weight is 324 g/mol. The van der Waals surface area contributed by atoms with Gasteiger partial charge in [-0.05, 0) is 36.8 Å². The number of nitrogens with one attached hydrogen (secondary N) is 1. The summed E-state index contributed by atoms with van der Waals surface area (Å²) in [5.41, 5.74) is 7.30. The number of anilines is 1. The maximum absolute atomic E-state index is 12.5. The van der Waals surface area contributed by atoms with Crippen LogP contribution in [0.1, 0.15) is 26.5 Å². The van der Waals surface area contributed by atoms with Crippen LogP contribution >= 0.6 is 0 Å². The quantitative estimate of drug-likeness (QED) is 0.771. The lowest BCUT2D eigenvalue weighted by atomic mass is 10.1. The number of primary amides is 1. The summed E-state index contributed by atoms with van der Waals surface area (Å²) in [7, 11) is 1.54. The lowest BCUT2D eigenvalue weighted by molar-refractivity contribution is 0.0988. The van der Waals surface area contributed by atoms with Gasteiger partial charge in [0.2, 0.25) is 5.91 Å². The van der Waals surface area contributed by atoms with Crippen LogP contribution in [0.5, 0.6) is 5.75 Å². The van der Waals surface area contributed by atoms with Crippen molar-refractivity contribution in [3.05, 3.63) is 59.4 Å². The minimum absolute atomic E-state index is 0.151. The molecule has 122 valence electrons. The molecule has 3 aromatic rings. The van der Waals surface area contributed by atoms with E-state index in [1.165, 1.54) is 7.11 Å². The molecule has 6 nitrogen and oxygen atoms in total. The minimum atomic E-state index is -0.544. The van der Waals surface area contributed by atoms with Crippen molar-refractivity contribution in [2.75, 3.05) is 12.4 Å². The molecule has 0 radical (unpaired) electrons. The number of carbonyl (C=O) groups is 2. The molecule has 0 aliphatic carbocycles. The summed E-state index contributed by atoms with van der Waals surface area (Å²) in [5, 5.41) is 3.50. The Morgan fingerprint density at radius 1 is 1.17 bits per heavy atom. The molecule has 1 heterocycles. The van der Waals surface area contributed by atoms with Crippen LogP contribution in [-0.2, 0) is 0 Å². The second-order valence-electron chi connectivity index (χ2n) is 5.29. The van der Waals surface area contributed by atoms with Crippen LogP contribution in [0.2, 0.25) is 0 Å². The molecule has 0 saturated carbocycles. The zero-order valence-corrected chi connectivity index (χ0v) is 13.3. The van der Waals surface area contributed by atoms with E-state index in [9.17, 15) is 9.59 Å². The summed E-state index contributed by atoms with van der Waals surface area (Å²) in [6.07, 6.45) is 0. The van der Waals surface area contributed by atoms with E-state index in [1.807, 2.05) is 12.1 Å². The molecular weight excluding hydrogens is 308 g/mol. The molecule has 0 aliphatic rings.